The fourth-order valence-electron chi connectivity index (χ4n) is 1.65. The number of nitrogens with two attached hydrogens (primary N) is 1. The Morgan fingerprint density at radius 2 is 2.11 bits per heavy atom. The van der Waals surface area contributed by atoms with E-state index in [0.29, 0.717) is 6.42 Å². The Labute approximate surface area is 108 Å². The van der Waals surface area contributed by atoms with E-state index in [1.165, 1.54) is 5.56 Å². The lowest BCUT2D eigenvalue weighted by Gasteiger charge is -2.14. The first-order valence-corrected chi connectivity index (χ1v) is 6.01. The van der Waals surface area contributed by atoms with Gasteiger partial charge in [-0.05, 0) is 37.6 Å². The summed E-state index contributed by atoms with van der Waals surface area (Å²) in [6, 6.07) is 8.25. The molecule has 0 aromatic heterocycles. The molecular weight excluding hydrogens is 230 g/mol. The van der Waals surface area contributed by atoms with Gasteiger partial charge in [0.15, 0.2) is 0 Å². The molecule has 18 heavy (non-hydrogen) atoms. The van der Waals surface area contributed by atoms with E-state index in [1.807, 2.05) is 24.3 Å². The first kappa shape index (κ1) is 14.3. The maximum absolute atomic E-state index is 8.40. The number of benzene rings is 1. The summed E-state index contributed by atoms with van der Waals surface area (Å²) < 4.78 is 5.12. The third-order valence-electron chi connectivity index (χ3n) is 2.80. The predicted molar refractivity (Wildman–Crippen MR) is 72.1 cm³/mol. The van der Waals surface area contributed by atoms with Crippen LogP contribution in [0.3, 0.4) is 0 Å². The average molecular weight is 251 g/mol. The van der Waals surface area contributed by atoms with Gasteiger partial charge in [0, 0.05) is 12.5 Å². The quantitative estimate of drug-likeness (QED) is 0.227. The zero-order valence-electron chi connectivity index (χ0n) is 10.9. The molecular formula is C13H21N3O2. The van der Waals surface area contributed by atoms with E-state index in [4.69, 9.17) is 15.7 Å². The number of nitrogens with zero attached hydrogens (tertiary/aromatic N) is 1. The molecule has 0 spiro atoms. The molecule has 0 heterocycles. The first-order valence-electron chi connectivity index (χ1n) is 6.01. The van der Waals surface area contributed by atoms with Crippen molar-refractivity contribution in [2.24, 2.45) is 10.9 Å². The van der Waals surface area contributed by atoms with Crippen LogP contribution in [0.4, 0.5) is 0 Å². The van der Waals surface area contributed by atoms with Crippen LogP contribution in [0.25, 0.3) is 0 Å². The number of hydrogen-bond donors (Lipinski definition) is 3. The highest BCUT2D eigenvalue weighted by molar-refractivity contribution is 5.79. The number of ether oxygens (including phenoxy) is 1. The Balaban J connectivity index is 2.33. The number of nitrogens with one attached hydrogen (secondary N) is 1. The second-order valence-electron chi connectivity index (χ2n) is 4.14. The zero-order valence-corrected chi connectivity index (χ0v) is 10.9. The molecule has 100 valence electrons. The normalized spacial score (nSPS) is 13.3. The van der Waals surface area contributed by atoms with Crippen molar-refractivity contribution >= 4 is 5.84 Å². The molecule has 0 aliphatic carbocycles. The monoisotopic (exact) mass is 251 g/mol. The Kier molecular flexibility index (Phi) is 6.00. The summed E-state index contributed by atoms with van der Waals surface area (Å²) in [7, 11) is 1.66. The van der Waals surface area contributed by atoms with Crippen molar-refractivity contribution < 1.29 is 9.94 Å². The summed E-state index contributed by atoms with van der Waals surface area (Å²) in [6.45, 7) is 2.93. The van der Waals surface area contributed by atoms with Crippen molar-refractivity contribution in [1.29, 1.82) is 0 Å². The van der Waals surface area contributed by atoms with Crippen molar-refractivity contribution in [2.75, 3.05) is 13.7 Å². The van der Waals surface area contributed by atoms with E-state index >= 15 is 0 Å². The molecule has 5 nitrogen and oxygen atoms in total. The van der Waals surface area contributed by atoms with Gasteiger partial charge in [-0.15, -0.1) is 0 Å². The molecule has 1 atom stereocenters. The Morgan fingerprint density at radius 1 is 1.44 bits per heavy atom. The molecule has 1 aromatic rings. The van der Waals surface area contributed by atoms with Crippen LogP contribution in [0.1, 0.15) is 31.4 Å². The topological polar surface area (TPSA) is 79.9 Å². The largest absolute Gasteiger partial charge is 0.497 e. The van der Waals surface area contributed by atoms with E-state index < -0.39 is 0 Å². The van der Waals surface area contributed by atoms with Crippen molar-refractivity contribution in [3.63, 3.8) is 0 Å². The van der Waals surface area contributed by atoms with Crippen LogP contribution in [0, 0.1) is 0 Å². The Morgan fingerprint density at radius 3 is 2.67 bits per heavy atom. The molecule has 0 fully saturated rings. The lowest BCUT2D eigenvalue weighted by atomic mass is 10.1. The second-order valence-corrected chi connectivity index (χ2v) is 4.14. The molecule has 1 aromatic carbocycles. The minimum atomic E-state index is 0.267. The fourth-order valence-corrected chi connectivity index (χ4v) is 1.65. The summed E-state index contributed by atoms with van der Waals surface area (Å²) >= 11 is 0. The summed E-state index contributed by atoms with van der Waals surface area (Å²) in [5.74, 6) is 1.13. The number of amidine groups is 1. The van der Waals surface area contributed by atoms with E-state index in [2.05, 4.69) is 17.4 Å². The van der Waals surface area contributed by atoms with Crippen molar-refractivity contribution in [1.82, 2.24) is 5.32 Å². The number of hydrogen-bond acceptors (Lipinski definition) is 4. The van der Waals surface area contributed by atoms with E-state index in [9.17, 15) is 0 Å². The minimum absolute atomic E-state index is 0.267. The molecule has 0 unspecified atom stereocenters. The SMILES string of the molecule is COc1ccc([C@H](C)NCCC/C(N)=N/O)cc1. The third-order valence-corrected chi connectivity index (χ3v) is 2.80. The molecule has 5 heteroatoms. The van der Waals surface area contributed by atoms with Gasteiger partial charge in [-0.3, -0.25) is 0 Å². The molecule has 0 amide bonds. The van der Waals surface area contributed by atoms with Crippen LogP contribution >= 0.6 is 0 Å². The first-order chi connectivity index (χ1) is 8.67. The van der Waals surface area contributed by atoms with Crippen LogP contribution in [0.15, 0.2) is 29.4 Å². The molecule has 0 saturated carbocycles. The molecule has 0 aliphatic rings. The fraction of sp³-hybridized carbons (Fsp3) is 0.462. The van der Waals surface area contributed by atoms with E-state index in [-0.39, 0.29) is 11.9 Å². The second kappa shape index (κ2) is 7.55. The summed E-state index contributed by atoms with van der Waals surface area (Å²) in [4.78, 5) is 0. The highest BCUT2D eigenvalue weighted by Crippen LogP contribution is 2.17. The van der Waals surface area contributed by atoms with Gasteiger partial charge < -0.3 is 21.0 Å². The predicted octanol–water partition coefficient (Wildman–Crippen LogP) is 1.87. The van der Waals surface area contributed by atoms with Crippen LogP contribution in [0.5, 0.6) is 5.75 Å². The number of methoxy groups -OCH3 is 1. The summed E-state index contributed by atoms with van der Waals surface area (Å²) in [5.41, 5.74) is 6.60. The smallest absolute Gasteiger partial charge is 0.139 e. The van der Waals surface area contributed by atoms with Gasteiger partial charge in [-0.1, -0.05) is 17.3 Å². The van der Waals surface area contributed by atoms with Crippen molar-refractivity contribution in [2.45, 2.75) is 25.8 Å². The summed E-state index contributed by atoms with van der Waals surface area (Å²) in [5, 5.41) is 14.7. The van der Waals surface area contributed by atoms with Gasteiger partial charge >= 0.3 is 0 Å². The molecule has 0 saturated heterocycles. The number of oxime groups is 1. The maximum Gasteiger partial charge on any atom is 0.139 e. The van der Waals surface area contributed by atoms with Gasteiger partial charge in [0.25, 0.3) is 0 Å². The van der Waals surface area contributed by atoms with Gasteiger partial charge in [-0.25, -0.2) is 0 Å². The van der Waals surface area contributed by atoms with Crippen molar-refractivity contribution in [3.05, 3.63) is 29.8 Å². The lowest BCUT2D eigenvalue weighted by Crippen LogP contribution is -2.21. The standard InChI is InChI=1S/C13H21N3O2/c1-10(15-9-3-4-13(14)16-17)11-5-7-12(18-2)8-6-11/h5-8,10,15,17H,3-4,9H2,1-2H3,(H2,14,16)/t10-/m0/s1. The van der Waals surface area contributed by atoms with Gasteiger partial charge in [0.1, 0.15) is 11.6 Å². The van der Waals surface area contributed by atoms with E-state index in [1.54, 1.807) is 7.11 Å². The Hall–Kier alpha value is -1.75. The van der Waals surface area contributed by atoms with E-state index in [0.717, 1.165) is 18.7 Å². The lowest BCUT2D eigenvalue weighted by molar-refractivity contribution is 0.316. The maximum atomic E-state index is 8.40. The van der Waals surface area contributed by atoms with Crippen LogP contribution in [-0.2, 0) is 0 Å². The van der Waals surface area contributed by atoms with Gasteiger partial charge in [0.2, 0.25) is 0 Å². The van der Waals surface area contributed by atoms with Crippen LogP contribution < -0.4 is 15.8 Å². The van der Waals surface area contributed by atoms with Crippen molar-refractivity contribution in [3.8, 4) is 5.75 Å². The highest BCUT2D eigenvalue weighted by Gasteiger charge is 2.04. The average Bonchev–Trinajstić information content (AvgIpc) is 2.43. The third kappa shape index (κ3) is 4.63. The molecule has 1 rings (SSSR count). The van der Waals surface area contributed by atoms with Crippen LogP contribution in [-0.4, -0.2) is 24.7 Å². The highest BCUT2D eigenvalue weighted by atomic mass is 16.5. The Bertz CT molecular complexity index is 376. The summed E-state index contributed by atoms with van der Waals surface area (Å²) in [6.07, 6.45) is 1.44. The molecule has 0 aliphatic heterocycles. The molecule has 0 bridgehead atoms. The molecule has 0 radical (unpaired) electrons. The zero-order chi connectivity index (χ0) is 13.4. The van der Waals surface area contributed by atoms with Gasteiger partial charge in [-0.2, -0.15) is 0 Å². The van der Waals surface area contributed by atoms with Crippen LogP contribution in [0.2, 0.25) is 0 Å². The molecule has 4 N–H and O–H groups in total. The minimum Gasteiger partial charge on any atom is -0.497 e. The van der Waals surface area contributed by atoms with Gasteiger partial charge in [0.05, 0.1) is 7.11 Å². The number of rotatable bonds is 7.